The topological polar surface area (TPSA) is 75.7 Å². The standard InChI is InChI=1S/C22H23O2S.C6HF5O3S/c1-3-23-18-15-16-22(21(17-18)24-4-2)25(19-11-7-5-8-12-19)20-13-9-6-10-14-20;7-1-2(8)4(10)6(15(12,13)14)5(11)3(1)9/h5-17H,3-4H2,1-2H3;(H,12,13,14)/q+1;/p-1. The largest absolute Gasteiger partial charge is 0.744 e. The molecule has 212 valence electrons. The molecule has 12 heteroatoms. The van der Waals surface area contributed by atoms with E-state index in [1.807, 2.05) is 26.0 Å². The average molecular weight is 599 g/mol. The molecule has 4 aromatic rings. The highest BCUT2D eigenvalue weighted by molar-refractivity contribution is 7.97. The molecular formula is C28H23F5O5S2. The molecule has 0 aliphatic heterocycles. The maximum atomic E-state index is 12.6. The summed E-state index contributed by atoms with van der Waals surface area (Å²) in [5.74, 6) is -11.1. The van der Waals surface area contributed by atoms with E-state index in [2.05, 4.69) is 66.7 Å². The Bertz CT molecular complexity index is 1480. The first-order valence-corrected chi connectivity index (χ1v) is 14.4. The van der Waals surface area contributed by atoms with Crippen LogP contribution in [0.15, 0.2) is 98.4 Å². The molecule has 0 fully saturated rings. The first kappa shape index (κ1) is 30.9. The van der Waals surface area contributed by atoms with E-state index in [4.69, 9.17) is 9.47 Å². The molecule has 5 nitrogen and oxygen atoms in total. The van der Waals surface area contributed by atoms with Gasteiger partial charge < -0.3 is 14.0 Å². The molecular weight excluding hydrogens is 575 g/mol. The zero-order valence-electron chi connectivity index (χ0n) is 21.2. The van der Waals surface area contributed by atoms with Gasteiger partial charge in [0.2, 0.25) is 10.7 Å². The molecule has 0 N–H and O–H groups in total. The summed E-state index contributed by atoms with van der Waals surface area (Å²) in [6.07, 6.45) is 0. The third kappa shape index (κ3) is 7.12. The molecule has 0 aliphatic carbocycles. The van der Waals surface area contributed by atoms with Crippen molar-refractivity contribution in [3.05, 3.63) is 108 Å². The summed E-state index contributed by atoms with van der Waals surface area (Å²) in [6, 6.07) is 27.4. The lowest BCUT2D eigenvalue weighted by Gasteiger charge is -2.13. The summed E-state index contributed by atoms with van der Waals surface area (Å²) >= 11 is 0. The molecule has 40 heavy (non-hydrogen) atoms. The van der Waals surface area contributed by atoms with Crippen LogP contribution in [-0.2, 0) is 21.0 Å². The van der Waals surface area contributed by atoms with Gasteiger partial charge in [0, 0.05) is 12.1 Å². The maximum Gasteiger partial charge on any atom is 0.208 e. The predicted molar refractivity (Wildman–Crippen MR) is 138 cm³/mol. The number of halogens is 5. The molecule has 4 rings (SSSR count). The van der Waals surface area contributed by atoms with Crippen molar-refractivity contribution in [1.29, 1.82) is 0 Å². The highest BCUT2D eigenvalue weighted by Crippen LogP contribution is 2.38. The molecule has 0 heterocycles. The molecule has 0 amide bonds. The van der Waals surface area contributed by atoms with Gasteiger partial charge in [0.25, 0.3) is 0 Å². The van der Waals surface area contributed by atoms with E-state index in [9.17, 15) is 34.9 Å². The van der Waals surface area contributed by atoms with Gasteiger partial charge >= 0.3 is 0 Å². The minimum atomic E-state index is -5.77. The predicted octanol–water partition coefficient (Wildman–Crippen LogP) is 6.87. The van der Waals surface area contributed by atoms with Crippen molar-refractivity contribution in [3.8, 4) is 11.5 Å². The van der Waals surface area contributed by atoms with Crippen LogP contribution in [0, 0.1) is 29.1 Å². The van der Waals surface area contributed by atoms with Gasteiger partial charge in [-0.15, -0.1) is 0 Å². The first-order valence-electron chi connectivity index (χ1n) is 11.7. The quantitative estimate of drug-likeness (QED) is 0.0728. The van der Waals surface area contributed by atoms with Crippen molar-refractivity contribution >= 4 is 21.0 Å². The Labute approximate surface area is 231 Å². The van der Waals surface area contributed by atoms with Gasteiger partial charge in [-0.25, -0.2) is 30.4 Å². The third-order valence-corrected chi connectivity index (χ3v) is 8.25. The summed E-state index contributed by atoms with van der Waals surface area (Å²) in [5, 5.41) is 0. The second-order valence-corrected chi connectivity index (χ2v) is 11.1. The van der Waals surface area contributed by atoms with Crippen LogP contribution >= 0.6 is 0 Å². The zero-order chi connectivity index (χ0) is 29.4. The Morgan fingerprint density at radius 1 is 0.675 bits per heavy atom. The first-order chi connectivity index (χ1) is 19.0. The van der Waals surface area contributed by atoms with Crippen molar-refractivity contribution in [2.24, 2.45) is 0 Å². The van der Waals surface area contributed by atoms with E-state index in [-0.39, 0.29) is 10.9 Å². The van der Waals surface area contributed by atoms with Crippen LogP contribution in [0.4, 0.5) is 22.0 Å². The number of rotatable bonds is 8. The van der Waals surface area contributed by atoms with Crippen LogP contribution in [-0.4, -0.2) is 26.2 Å². The van der Waals surface area contributed by atoms with Gasteiger partial charge in [0.15, 0.2) is 38.8 Å². The molecule has 4 aromatic carbocycles. The van der Waals surface area contributed by atoms with Crippen LogP contribution in [0.5, 0.6) is 11.5 Å². The van der Waals surface area contributed by atoms with Crippen molar-refractivity contribution in [2.45, 2.75) is 33.4 Å². The third-order valence-electron chi connectivity index (χ3n) is 5.12. The second-order valence-electron chi connectivity index (χ2n) is 7.76. The molecule has 0 bridgehead atoms. The fourth-order valence-electron chi connectivity index (χ4n) is 3.49. The van der Waals surface area contributed by atoms with Gasteiger partial charge in [0.05, 0.1) is 13.2 Å². The lowest BCUT2D eigenvalue weighted by molar-refractivity contribution is 0.317. The van der Waals surface area contributed by atoms with E-state index < -0.39 is 44.1 Å². The molecule has 0 aromatic heterocycles. The Morgan fingerprint density at radius 2 is 1.12 bits per heavy atom. The van der Waals surface area contributed by atoms with E-state index in [0.29, 0.717) is 13.2 Å². The highest BCUT2D eigenvalue weighted by Gasteiger charge is 2.32. The van der Waals surface area contributed by atoms with Gasteiger partial charge in [-0.1, -0.05) is 36.4 Å². The van der Waals surface area contributed by atoms with Crippen LogP contribution in [0.2, 0.25) is 0 Å². The average Bonchev–Trinajstić information content (AvgIpc) is 2.93. The van der Waals surface area contributed by atoms with Crippen molar-refractivity contribution in [3.63, 3.8) is 0 Å². The number of ether oxygens (including phenoxy) is 2. The van der Waals surface area contributed by atoms with Gasteiger partial charge in [-0.3, -0.25) is 0 Å². The molecule has 0 radical (unpaired) electrons. The van der Waals surface area contributed by atoms with E-state index >= 15 is 0 Å². The summed E-state index contributed by atoms with van der Waals surface area (Å²) < 4.78 is 105. The van der Waals surface area contributed by atoms with Crippen LogP contribution < -0.4 is 9.47 Å². The number of hydrogen-bond donors (Lipinski definition) is 0. The Hall–Kier alpha value is -3.61. The minimum Gasteiger partial charge on any atom is -0.744 e. The Morgan fingerprint density at radius 3 is 1.55 bits per heavy atom. The monoisotopic (exact) mass is 598 g/mol. The van der Waals surface area contributed by atoms with E-state index in [1.165, 1.54) is 14.7 Å². The van der Waals surface area contributed by atoms with Crippen molar-refractivity contribution in [1.82, 2.24) is 0 Å². The molecule has 0 saturated heterocycles. The second kappa shape index (κ2) is 13.6. The Balaban J connectivity index is 0.000000252. The zero-order valence-corrected chi connectivity index (χ0v) is 22.8. The summed E-state index contributed by atoms with van der Waals surface area (Å²) in [6.45, 7) is 5.28. The lowest BCUT2D eigenvalue weighted by Crippen LogP contribution is -2.12. The summed E-state index contributed by atoms with van der Waals surface area (Å²) in [4.78, 5) is 1.36. The van der Waals surface area contributed by atoms with Crippen LogP contribution in [0.25, 0.3) is 0 Å². The number of hydrogen-bond acceptors (Lipinski definition) is 5. The van der Waals surface area contributed by atoms with Crippen LogP contribution in [0.3, 0.4) is 0 Å². The van der Waals surface area contributed by atoms with Gasteiger partial charge in [0.1, 0.15) is 31.7 Å². The normalized spacial score (nSPS) is 11.1. The fraction of sp³-hybridized carbons (Fsp3) is 0.143. The fourth-order valence-corrected chi connectivity index (χ4v) is 6.27. The Kier molecular flexibility index (Phi) is 10.5. The van der Waals surface area contributed by atoms with Gasteiger partial charge in [-0.2, -0.15) is 0 Å². The lowest BCUT2D eigenvalue weighted by atomic mass is 10.3. The van der Waals surface area contributed by atoms with Crippen molar-refractivity contribution < 1.29 is 44.4 Å². The molecule has 0 saturated carbocycles. The molecule has 0 unspecified atom stereocenters. The number of benzene rings is 4. The SMILES string of the molecule is CCOc1ccc([S+](c2ccccc2)c2ccccc2)c(OCC)c1.O=S(=O)([O-])c1c(F)c(F)c(F)c(F)c1F. The van der Waals surface area contributed by atoms with Gasteiger partial charge in [-0.05, 0) is 44.2 Å². The maximum absolute atomic E-state index is 12.6. The van der Waals surface area contributed by atoms with Crippen LogP contribution in [0.1, 0.15) is 13.8 Å². The minimum absolute atomic E-state index is 0.220. The molecule has 0 atom stereocenters. The molecule has 0 aliphatic rings. The van der Waals surface area contributed by atoms with E-state index in [0.717, 1.165) is 11.5 Å². The summed E-state index contributed by atoms with van der Waals surface area (Å²) in [5.41, 5.74) is 0. The van der Waals surface area contributed by atoms with E-state index in [1.54, 1.807) is 0 Å². The smallest absolute Gasteiger partial charge is 0.208 e. The highest BCUT2D eigenvalue weighted by atomic mass is 32.2. The van der Waals surface area contributed by atoms with Crippen molar-refractivity contribution in [2.75, 3.05) is 13.2 Å². The summed E-state index contributed by atoms with van der Waals surface area (Å²) in [7, 11) is -5.99. The molecule has 0 spiro atoms.